The number of carbonyl (C=O) groups excluding carboxylic acids is 2. The van der Waals surface area contributed by atoms with Gasteiger partial charge in [0.2, 0.25) is 0 Å². The second-order valence-corrected chi connectivity index (χ2v) is 8.36. The van der Waals surface area contributed by atoms with Crippen molar-refractivity contribution in [3.05, 3.63) is 87.4 Å². The molecule has 0 aliphatic heterocycles. The molecule has 0 spiro atoms. The molecule has 4 aromatic rings. The summed E-state index contributed by atoms with van der Waals surface area (Å²) in [4.78, 5) is 27.0. The molecule has 0 N–H and O–H groups in total. The van der Waals surface area contributed by atoms with Crippen molar-refractivity contribution >= 4 is 57.7 Å². The van der Waals surface area contributed by atoms with Crippen LogP contribution in [0, 0.1) is 0 Å². The number of thioether (sulfide) groups is 1. The third-order valence-electron chi connectivity index (χ3n) is 4.70. The van der Waals surface area contributed by atoms with Gasteiger partial charge in [-0.05, 0) is 23.8 Å². The molecule has 5 rings (SSSR count). The molecule has 1 heterocycles. The van der Waals surface area contributed by atoms with Gasteiger partial charge in [0.15, 0.2) is 11.6 Å². The number of aromatic nitrogens is 2. The summed E-state index contributed by atoms with van der Waals surface area (Å²) in [6.45, 7) is 0. The van der Waals surface area contributed by atoms with Crippen LogP contribution in [0.1, 0.15) is 37.4 Å². The summed E-state index contributed by atoms with van der Waals surface area (Å²) in [7, 11) is 0. The van der Waals surface area contributed by atoms with E-state index < -0.39 is 0 Å². The lowest BCUT2D eigenvalue weighted by atomic mass is 9.83. The van der Waals surface area contributed by atoms with E-state index in [1.165, 1.54) is 0 Å². The van der Waals surface area contributed by atoms with Crippen molar-refractivity contribution in [1.29, 1.82) is 0 Å². The molecule has 28 heavy (non-hydrogen) atoms. The Morgan fingerprint density at radius 2 is 1.54 bits per heavy atom. The minimum Gasteiger partial charge on any atom is -0.289 e. The summed E-state index contributed by atoms with van der Waals surface area (Å²) in [5.74, 6) is 0.381. The van der Waals surface area contributed by atoms with Crippen molar-refractivity contribution < 1.29 is 9.59 Å². The molecule has 0 saturated heterocycles. The van der Waals surface area contributed by atoms with E-state index in [0.717, 1.165) is 22.2 Å². The van der Waals surface area contributed by atoms with Crippen LogP contribution in [0.15, 0.2) is 59.5 Å². The van der Waals surface area contributed by atoms with Crippen LogP contribution in [-0.4, -0.2) is 20.3 Å². The standard InChI is InChI=1S/C21H11ClN2O2S2/c22-12-7-5-11(6-8-12)10-27-16-9-15-17(19-18(16)23-28-24-19)21(26)14-4-2-1-3-13(14)20(15)25/h1-9H,10H2. The topological polar surface area (TPSA) is 59.9 Å². The zero-order valence-electron chi connectivity index (χ0n) is 14.3. The van der Waals surface area contributed by atoms with Gasteiger partial charge < -0.3 is 0 Å². The highest BCUT2D eigenvalue weighted by atomic mass is 35.5. The fourth-order valence-corrected chi connectivity index (χ4v) is 5.08. The maximum Gasteiger partial charge on any atom is 0.196 e. The van der Waals surface area contributed by atoms with Crippen LogP contribution in [-0.2, 0) is 5.75 Å². The van der Waals surface area contributed by atoms with Crippen LogP contribution in [0.25, 0.3) is 11.0 Å². The van der Waals surface area contributed by atoms with Crippen molar-refractivity contribution in [2.24, 2.45) is 0 Å². The first-order chi connectivity index (χ1) is 13.6. The third kappa shape index (κ3) is 2.76. The van der Waals surface area contributed by atoms with Gasteiger partial charge in [-0.1, -0.05) is 48.0 Å². The SMILES string of the molecule is O=C1c2ccccc2C(=O)c2c1cc(SCc1ccc(Cl)cc1)c1nsnc21. The highest BCUT2D eigenvalue weighted by Gasteiger charge is 2.33. The second kappa shape index (κ2) is 6.81. The molecule has 0 fully saturated rings. The predicted molar refractivity (Wildman–Crippen MR) is 112 cm³/mol. The maximum atomic E-state index is 13.1. The second-order valence-electron chi connectivity index (χ2n) is 6.38. The van der Waals surface area contributed by atoms with Gasteiger partial charge in [0.25, 0.3) is 0 Å². The number of hydrogen-bond donors (Lipinski definition) is 0. The van der Waals surface area contributed by atoms with Crippen LogP contribution in [0.2, 0.25) is 5.02 Å². The first kappa shape index (κ1) is 17.6. The van der Waals surface area contributed by atoms with Gasteiger partial charge in [-0.3, -0.25) is 9.59 Å². The summed E-state index contributed by atoms with van der Waals surface area (Å²) >= 11 is 8.57. The Hall–Kier alpha value is -2.54. The smallest absolute Gasteiger partial charge is 0.196 e. The van der Waals surface area contributed by atoms with E-state index in [9.17, 15) is 9.59 Å². The Morgan fingerprint density at radius 3 is 2.29 bits per heavy atom. The molecule has 0 unspecified atom stereocenters. The van der Waals surface area contributed by atoms with Gasteiger partial charge in [0, 0.05) is 32.4 Å². The monoisotopic (exact) mass is 422 g/mol. The third-order valence-corrected chi connectivity index (χ3v) is 6.58. The molecular weight excluding hydrogens is 412 g/mol. The lowest BCUT2D eigenvalue weighted by Gasteiger charge is -2.18. The molecular formula is C21H11ClN2O2S2. The van der Waals surface area contributed by atoms with Gasteiger partial charge >= 0.3 is 0 Å². The zero-order chi connectivity index (χ0) is 19.3. The first-order valence-electron chi connectivity index (χ1n) is 8.48. The molecule has 1 aromatic heterocycles. The van der Waals surface area contributed by atoms with E-state index in [0.29, 0.717) is 44.1 Å². The number of hydrogen-bond acceptors (Lipinski definition) is 6. The molecule has 7 heteroatoms. The highest BCUT2D eigenvalue weighted by Crippen LogP contribution is 2.38. The Balaban J connectivity index is 1.61. The molecule has 0 bridgehead atoms. The number of carbonyl (C=O) groups is 2. The molecule has 136 valence electrons. The molecule has 1 aliphatic rings. The molecule has 0 radical (unpaired) electrons. The van der Waals surface area contributed by atoms with Crippen LogP contribution < -0.4 is 0 Å². The summed E-state index contributed by atoms with van der Waals surface area (Å²) in [5, 5.41) is 0.691. The Labute approximate surface area is 173 Å². The van der Waals surface area contributed by atoms with Crippen molar-refractivity contribution in [3.8, 4) is 0 Å². The lowest BCUT2D eigenvalue weighted by molar-refractivity contribution is 0.0980. The molecule has 3 aromatic carbocycles. The Bertz CT molecular complexity index is 1270. The zero-order valence-corrected chi connectivity index (χ0v) is 16.7. The van der Waals surface area contributed by atoms with Crippen molar-refractivity contribution in [2.45, 2.75) is 10.6 Å². The fraction of sp³-hybridized carbons (Fsp3) is 0.0476. The Morgan fingerprint density at radius 1 is 0.857 bits per heavy atom. The number of rotatable bonds is 3. The van der Waals surface area contributed by atoms with E-state index in [4.69, 9.17) is 11.6 Å². The minimum absolute atomic E-state index is 0.145. The average Bonchev–Trinajstić information content (AvgIpc) is 3.21. The van der Waals surface area contributed by atoms with E-state index in [1.54, 1.807) is 42.1 Å². The van der Waals surface area contributed by atoms with Gasteiger partial charge in [-0.15, -0.1) is 11.8 Å². The highest BCUT2D eigenvalue weighted by molar-refractivity contribution is 7.98. The minimum atomic E-state index is -0.169. The quantitative estimate of drug-likeness (QED) is 0.364. The molecule has 1 aliphatic carbocycles. The molecule has 4 nitrogen and oxygen atoms in total. The van der Waals surface area contributed by atoms with Crippen LogP contribution in [0.4, 0.5) is 0 Å². The van der Waals surface area contributed by atoms with Crippen molar-refractivity contribution in [3.63, 3.8) is 0 Å². The Kier molecular flexibility index (Phi) is 4.27. The van der Waals surface area contributed by atoms with Crippen molar-refractivity contribution in [1.82, 2.24) is 8.75 Å². The summed E-state index contributed by atoms with van der Waals surface area (Å²) in [6, 6.07) is 16.3. The van der Waals surface area contributed by atoms with E-state index >= 15 is 0 Å². The van der Waals surface area contributed by atoms with E-state index in [-0.39, 0.29) is 11.6 Å². The normalized spacial score (nSPS) is 12.9. The molecule has 0 amide bonds. The fourth-order valence-electron chi connectivity index (χ4n) is 3.33. The maximum absolute atomic E-state index is 13.1. The summed E-state index contributed by atoms with van der Waals surface area (Å²) < 4.78 is 8.74. The molecule has 0 atom stereocenters. The number of ketones is 2. The largest absolute Gasteiger partial charge is 0.289 e. The average molecular weight is 423 g/mol. The lowest BCUT2D eigenvalue weighted by Crippen LogP contribution is -2.21. The predicted octanol–water partition coefficient (Wildman–Crippen LogP) is 5.41. The van der Waals surface area contributed by atoms with Crippen LogP contribution >= 0.6 is 35.1 Å². The first-order valence-corrected chi connectivity index (χ1v) is 10.6. The van der Waals surface area contributed by atoms with Crippen molar-refractivity contribution in [2.75, 3.05) is 0 Å². The number of nitrogens with zero attached hydrogens (tertiary/aromatic N) is 2. The van der Waals surface area contributed by atoms with Gasteiger partial charge in [-0.25, -0.2) is 0 Å². The number of fused-ring (bicyclic) bond motifs is 4. The van der Waals surface area contributed by atoms with Gasteiger partial charge in [-0.2, -0.15) is 8.75 Å². The van der Waals surface area contributed by atoms with Gasteiger partial charge in [0.1, 0.15) is 11.0 Å². The summed E-state index contributed by atoms with van der Waals surface area (Å²) in [6.07, 6.45) is 0. The van der Waals surface area contributed by atoms with Crippen LogP contribution in [0.5, 0.6) is 0 Å². The van der Waals surface area contributed by atoms with Gasteiger partial charge in [0.05, 0.1) is 17.3 Å². The number of benzene rings is 3. The number of halogens is 1. The van der Waals surface area contributed by atoms with E-state index in [2.05, 4.69) is 8.75 Å². The van der Waals surface area contributed by atoms with Crippen LogP contribution in [0.3, 0.4) is 0 Å². The molecule has 0 saturated carbocycles. The van der Waals surface area contributed by atoms with E-state index in [1.807, 2.05) is 24.3 Å². The summed E-state index contributed by atoms with van der Waals surface area (Å²) in [5.41, 5.74) is 3.92.